The van der Waals surface area contributed by atoms with Gasteiger partial charge in [0.2, 0.25) is 15.9 Å². The van der Waals surface area contributed by atoms with Crippen LogP contribution in [-0.2, 0) is 16.6 Å². The molecular formula is C18H21N3O4S. The molecule has 2 heterocycles. The van der Waals surface area contributed by atoms with Crippen LogP contribution in [0.4, 0.5) is 0 Å². The number of hydrogen-bond acceptors (Lipinski definition) is 5. The second kappa shape index (κ2) is 7.84. The Hall–Kier alpha value is -2.45. The molecule has 7 nitrogen and oxygen atoms in total. The Morgan fingerprint density at radius 3 is 2.73 bits per heavy atom. The first-order chi connectivity index (χ1) is 12.5. The second-order valence-electron chi connectivity index (χ2n) is 6.03. The van der Waals surface area contributed by atoms with E-state index in [1.54, 1.807) is 30.5 Å². The predicted octanol–water partition coefficient (Wildman–Crippen LogP) is 1.80. The Kier molecular flexibility index (Phi) is 5.53. The third kappa shape index (κ3) is 4.03. The highest BCUT2D eigenvalue weighted by Gasteiger charge is 2.27. The molecule has 26 heavy (non-hydrogen) atoms. The van der Waals surface area contributed by atoms with Crippen LogP contribution in [0.5, 0.6) is 5.88 Å². The summed E-state index contributed by atoms with van der Waals surface area (Å²) in [5, 5.41) is 2.78. The first kappa shape index (κ1) is 18.3. The number of amides is 1. The maximum Gasteiger partial charge on any atom is 0.251 e. The molecule has 1 fully saturated rings. The second-order valence-corrected chi connectivity index (χ2v) is 7.97. The number of benzene rings is 1. The molecule has 1 aliphatic rings. The molecule has 0 radical (unpaired) electrons. The van der Waals surface area contributed by atoms with Crippen molar-refractivity contribution >= 4 is 15.9 Å². The average molecular weight is 375 g/mol. The van der Waals surface area contributed by atoms with Gasteiger partial charge >= 0.3 is 0 Å². The molecule has 1 saturated heterocycles. The largest absolute Gasteiger partial charge is 0.481 e. The molecule has 0 saturated carbocycles. The predicted molar refractivity (Wildman–Crippen MR) is 96.4 cm³/mol. The van der Waals surface area contributed by atoms with Gasteiger partial charge in [0.15, 0.2) is 0 Å². The van der Waals surface area contributed by atoms with Gasteiger partial charge in [-0.2, -0.15) is 4.31 Å². The van der Waals surface area contributed by atoms with E-state index in [4.69, 9.17) is 4.74 Å². The quantitative estimate of drug-likeness (QED) is 0.832. The molecule has 1 aliphatic heterocycles. The number of aromatic nitrogens is 1. The average Bonchev–Trinajstić information content (AvgIpc) is 3.22. The number of nitrogens with one attached hydrogen (secondary N) is 1. The molecule has 0 unspecified atom stereocenters. The van der Waals surface area contributed by atoms with Crippen molar-refractivity contribution in [3.8, 4) is 5.88 Å². The molecule has 0 aliphatic carbocycles. The number of nitrogens with zero attached hydrogens (tertiary/aromatic N) is 2. The van der Waals surface area contributed by atoms with Crippen molar-refractivity contribution in [2.45, 2.75) is 24.3 Å². The van der Waals surface area contributed by atoms with Crippen LogP contribution in [0.15, 0.2) is 47.5 Å². The SMILES string of the molecule is COc1cc(CNC(=O)c2cccc(S(=O)(=O)N3CCCC3)c2)ccn1. The van der Waals surface area contributed by atoms with Crippen LogP contribution in [0.1, 0.15) is 28.8 Å². The number of sulfonamides is 1. The third-order valence-corrected chi connectivity index (χ3v) is 6.16. The van der Waals surface area contributed by atoms with Gasteiger partial charge in [-0.05, 0) is 42.7 Å². The summed E-state index contributed by atoms with van der Waals surface area (Å²) in [5.41, 5.74) is 1.15. The molecular weight excluding hydrogens is 354 g/mol. The Balaban J connectivity index is 1.72. The van der Waals surface area contributed by atoms with E-state index >= 15 is 0 Å². The van der Waals surface area contributed by atoms with E-state index in [1.807, 2.05) is 0 Å². The van der Waals surface area contributed by atoms with Crippen LogP contribution in [0, 0.1) is 0 Å². The lowest BCUT2D eigenvalue weighted by atomic mass is 10.2. The Morgan fingerprint density at radius 1 is 1.23 bits per heavy atom. The van der Waals surface area contributed by atoms with Gasteiger partial charge in [0, 0.05) is 37.5 Å². The summed E-state index contributed by atoms with van der Waals surface area (Å²) in [4.78, 5) is 16.6. The number of pyridine rings is 1. The summed E-state index contributed by atoms with van der Waals surface area (Å²) in [6, 6.07) is 9.65. The highest BCUT2D eigenvalue weighted by Crippen LogP contribution is 2.21. The van der Waals surface area contributed by atoms with Gasteiger partial charge in [-0.25, -0.2) is 13.4 Å². The first-order valence-electron chi connectivity index (χ1n) is 8.38. The number of rotatable bonds is 6. The summed E-state index contributed by atoms with van der Waals surface area (Å²) < 4.78 is 31.8. The maximum atomic E-state index is 12.6. The van der Waals surface area contributed by atoms with Crippen molar-refractivity contribution in [1.82, 2.24) is 14.6 Å². The molecule has 0 atom stereocenters. The van der Waals surface area contributed by atoms with Crippen LogP contribution in [0.2, 0.25) is 0 Å². The number of hydrogen-bond donors (Lipinski definition) is 1. The molecule has 3 rings (SSSR count). The number of ether oxygens (including phenoxy) is 1. The van der Waals surface area contributed by atoms with E-state index in [0.29, 0.717) is 31.1 Å². The molecule has 8 heteroatoms. The van der Waals surface area contributed by atoms with E-state index in [1.165, 1.54) is 23.5 Å². The van der Waals surface area contributed by atoms with E-state index in [9.17, 15) is 13.2 Å². The van der Waals surface area contributed by atoms with Crippen LogP contribution < -0.4 is 10.1 Å². The zero-order chi connectivity index (χ0) is 18.6. The van der Waals surface area contributed by atoms with Gasteiger partial charge in [0.25, 0.3) is 5.91 Å². The molecule has 1 N–H and O–H groups in total. The van der Waals surface area contributed by atoms with Crippen molar-refractivity contribution in [3.05, 3.63) is 53.7 Å². The standard InChI is InChI=1S/C18H21N3O4S/c1-25-17-11-14(7-8-19-17)13-20-18(22)15-5-4-6-16(12-15)26(23,24)21-9-2-3-10-21/h4-8,11-12H,2-3,9-10,13H2,1H3,(H,20,22). The van der Waals surface area contributed by atoms with Gasteiger partial charge in [-0.3, -0.25) is 4.79 Å². The van der Waals surface area contributed by atoms with Crippen molar-refractivity contribution in [2.24, 2.45) is 0 Å². The van der Waals surface area contributed by atoms with E-state index < -0.39 is 10.0 Å². The topological polar surface area (TPSA) is 88.6 Å². The Labute approximate surface area is 153 Å². The minimum Gasteiger partial charge on any atom is -0.481 e. The van der Waals surface area contributed by atoms with Gasteiger partial charge in [0.1, 0.15) is 0 Å². The highest BCUT2D eigenvalue weighted by atomic mass is 32.2. The van der Waals surface area contributed by atoms with Crippen LogP contribution in [0.3, 0.4) is 0 Å². The lowest BCUT2D eigenvalue weighted by Gasteiger charge is -2.16. The van der Waals surface area contributed by atoms with Gasteiger partial charge in [0.05, 0.1) is 12.0 Å². The van der Waals surface area contributed by atoms with Crippen LogP contribution in [0.25, 0.3) is 0 Å². The van der Waals surface area contributed by atoms with Crippen LogP contribution >= 0.6 is 0 Å². The van der Waals surface area contributed by atoms with Gasteiger partial charge in [-0.1, -0.05) is 6.07 Å². The number of carbonyl (C=O) groups excluding carboxylic acids is 1. The molecule has 1 aromatic heterocycles. The highest BCUT2D eigenvalue weighted by molar-refractivity contribution is 7.89. The number of methoxy groups -OCH3 is 1. The lowest BCUT2D eigenvalue weighted by Crippen LogP contribution is -2.28. The first-order valence-corrected chi connectivity index (χ1v) is 9.82. The fraction of sp³-hybridized carbons (Fsp3) is 0.333. The molecule has 1 amide bonds. The summed E-state index contributed by atoms with van der Waals surface area (Å²) in [7, 11) is -2.02. The lowest BCUT2D eigenvalue weighted by molar-refractivity contribution is 0.0950. The molecule has 2 aromatic rings. The summed E-state index contributed by atoms with van der Waals surface area (Å²) >= 11 is 0. The third-order valence-electron chi connectivity index (χ3n) is 4.26. The minimum absolute atomic E-state index is 0.151. The molecule has 0 bridgehead atoms. The smallest absolute Gasteiger partial charge is 0.251 e. The summed E-state index contributed by atoms with van der Waals surface area (Å²) in [5.74, 6) is 0.134. The van der Waals surface area contributed by atoms with Gasteiger partial charge < -0.3 is 10.1 Å². The van der Waals surface area contributed by atoms with Crippen molar-refractivity contribution in [1.29, 1.82) is 0 Å². The van der Waals surface area contributed by atoms with Crippen molar-refractivity contribution < 1.29 is 17.9 Å². The van der Waals surface area contributed by atoms with E-state index in [2.05, 4.69) is 10.3 Å². The summed E-state index contributed by atoms with van der Waals surface area (Å²) in [6.07, 6.45) is 3.34. The zero-order valence-corrected chi connectivity index (χ0v) is 15.3. The summed E-state index contributed by atoms with van der Waals surface area (Å²) in [6.45, 7) is 1.35. The monoisotopic (exact) mass is 375 g/mol. The van der Waals surface area contributed by atoms with Gasteiger partial charge in [-0.15, -0.1) is 0 Å². The molecule has 0 spiro atoms. The number of carbonyl (C=O) groups is 1. The normalized spacial score (nSPS) is 15.0. The Bertz CT molecular complexity index is 893. The maximum absolute atomic E-state index is 12.6. The molecule has 1 aromatic carbocycles. The van der Waals surface area contributed by atoms with E-state index in [0.717, 1.165) is 18.4 Å². The van der Waals surface area contributed by atoms with Crippen molar-refractivity contribution in [3.63, 3.8) is 0 Å². The fourth-order valence-electron chi connectivity index (χ4n) is 2.83. The Morgan fingerprint density at radius 2 is 2.00 bits per heavy atom. The van der Waals surface area contributed by atoms with E-state index in [-0.39, 0.29) is 10.8 Å². The minimum atomic E-state index is -3.54. The molecule has 138 valence electrons. The van der Waals surface area contributed by atoms with Crippen molar-refractivity contribution in [2.75, 3.05) is 20.2 Å². The van der Waals surface area contributed by atoms with Crippen LogP contribution in [-0.4, -0.2) is 43.8 Å². The fourth-order valence-corrected chi connectivity index (χ4v) is 4.40. The zero-order valence-electron chi connectivity index (χ0n) is 14.5.